The van der Waals surface area contributed by atoms with Crippen molar-refractivity contribution in [1.82, 2.24) is 44.9 Å². The molecule has 3 heterocycles. The Bertz CT molecular complexity index is 2550. The summed E-state index contributed by atoms with van der Waals surface area (Å²) >= 11 is 0. The van der Waals surface area contributed by atoms with Gasteiger partial charge in [-0.2, -0.15) is 0 Å². The summed E-state index contributed by atoms with van der Waals surface area (Å²) in [6.45, 7) is 12.6. The highest BCUT2D eigenvalue weighted by Gasteiger charge is 2.20. The highest BCUT2D eigenvalue weighted by atomic mass is 15.1. The molecule has 0 N–H and O–H groups in total. The fraction of sp³-hybridized carbons (Fsp3) is 0.196. The van der Waals surface area contributed by atoms with Crippen molar-refractivity contribution >= 4 is 10.8 Å². The standard InChI is InChI=1S/C46H41N9/c1-27(2)38-47-39(28(3)4)49-43(48-38)33-21-15-22-34(25-33)44-50-40(29(5)6)51-46(55-44)37-26-35(24-32-20-13-14-23-36(32)37)45-53-41(30-16-9-7-10-17-30)52-42(54-45)31-18-11-8-12-19-31/h7-29H,1-6H3. The van der Waals surface area contributed by atoms with Crippen LogP contribution in [-0.2, 0) is 0 Å². The Kier molecular flexibility index (Phi) is 9.68. The van der Waals surface area contributed by atoms with Crippen LogP contribution in [0.4, 0.5) is 0 Å². The maximum atomic E-state index is 5.17. The highest BCUT2D eigenvalue weighted by molar-refractivity contribution is 5.98. The Morgan fingerprint density at radius 1 is 0.309 bits per heavy atom. The molecule has 8 rings (SSSR count). The fourth-order valence-corrected chi connectivity index (χ4v) is 6.31. The lowest BCUT2D eigenvalue weighted by molar-refractivity contribution is 0.697. The number of benzene rings is 5. The molecule has 3 aromatic heterocycles. The van der Waals surface area contributed by atoms with Crippen LogP contribution in [0.3, 0.4) is 0 Å². The second kappa shape index (κ2) is 15.0. The lowest BCUT2D eigenvalue weighted by Gasteiger charge is -2.14. The third-order valence-electron chi connectivity index (χ3n) is 9.31. The molecular formula is C46H41N9. The first-order valence-electron chi connectivity index (χ1n) is 18.7. The smallest absolute Gasteiger partial charge is 0.164 e. The Balaban J connectivity index is 1.30. The maximum Gasteiger partial charge on any atom is 0.164 e. The van der Waals surface area contributed by atoms with E-state index in [-0.39, 0.29) is 17.8 Å². The van der Waals surface area contributed by atoms with E-state index >= 15 is 0 Å². The van der Waals surface area contributed by atoms with Gasteiger partial charge in [-0.25, -0.2) is 44.9 Å². The van der Waals surface area contributed by atoms with E-state index in [9.17, 15) is 0 Å². The molecule has 0 aliphatic heterocycles. The first-order chi connectivity index (χ1) is 26.7. The number of nitrogens with zero attached hydrogens (tertiary/aromatic N) is 9. The number of rotatable bonds is 9. The summed E-state index contributed by atoms with van der Waals surface area (Å²) in [4.78, 5) is 44.7. The topological polar surface area (TPSA) is 116 Å². The third-order valence-corrected chi connectivity index (χ3v) is 9.31. The summed E-state index contributed by atoms with van der Waals surface area (Å²) in [7, 11) is 0. The first kappa shape index (κ1) is 35.4. The summed E-state index contributed by atoms with van der Waals surface area (Å²) in [6.07, 6.45) is 0. The zero-order valence-electron chi connectivity index (χ0n) is 31.8. The van der Waals surface area contributed by atoms with Gasteiger partial charge < -0.3 is 0 Å². The number of hydrogen-bond donors (Lipinski definition) is 0. The molecule has 270 valence electrons. The fourth-order valence-electron chi connectivity index (χ4n) is 6.31. The SMILES string of the molecule is CC(C)c1nc(-c2cccc(-c3nc(C(C)C)nc(C(C)C)n3)c2)nc(-c2cc(-c3nc(-c4ccccc4)nc(-c4ccccc4)n3)cc3ccccc23)n1. The normalized spacial score (nSPS) is 11.6. The molecule has 0 spiro atoms. The largest absolute Gasteiger partial charge is 0.217 e. The van der Waals surface area contributed by atoms with Gasteiger partial charge in [-0.05, 0) is 29.0 Å². The van der Waals surface area contributed by atoms with Crippen LogP contribution >= 0.6 is 0 Å². The maximum absolute atomic E-state index is 5.17. The summed E-state index contributed by atoms with van der Waals surface area (Å²) in [5.74, 6) is 6.18. The van der Waals surface area contributed by atoms with Crippen molar-refractivity contribution in [3.63, 3.8) is 0 Å². The van der Waals surface area contributed by atoms with Crippen LogP contribution < -0.4 is 0 Å². The minimum absolute atomic E-state index is 0.0502. The number of hydrogen-bond acceptors (Lipinski definition) is 9. The quantitative estimate of drug-likeness (QED) is 0.144. The average molecular weight is 720 g/mol. The van der Waals surface area contributed by atoms with Crippen molar-refractivity contribution in [2.75, 3.05) is 0 Å². The monoisotopic (exact) mass is 719 g/mol. The van der Waals surface area contributed by atoms with Gasteiger partial charge in [0.15, 0.2) is 34.9 Å². The molecule has 0 saturated carbocycles. The predicted molar refractivity (Wildman–Crippen MR) is 219 cm³/mol. The lowest BCUT2D eigenvalue weighted by Crippen LogP contribution is -2.08. The van der Waals surface area contributed by atoms with E-state index in [2.05, 4.69) is 71.9 Å². The summed E-state index contributed by atoms with van der Waals surface area (Å²) < 4.78 is 0. The van der Waals surface area contributed by atoms with Crippen molar-refractivity contribution in [1.29, 1.82) is 0 Å². The molecule has 0 aliphatic rings. The summed E-state index contributed by atoms with van der Waals surface area (Å²) in [6, 6.07) is 40.6. The molecule has 9 nitrogen and oxygen atoms in total. The van der Waals surface area contributed by atoms with Crippen molar-refractivity contribution in [2.24, 2.45) is 0 Å². The average Bonchev–Trinajstić information content (AvgIpc) is 3.23. The Hall–Kier alpha value is -6.61. The molecule has 5 aromatic carbocycles. The van der Waals surface area contributed by atoms with Crippen LogP contribution in [-0.4, -0.2) is 44.9 Å². The van der Waals surface area contributed by atoms with Gasteiger partial charge in [-0.3, -0.25) is 0 Å². The van der Waals surface area contributed by atoms with Crippen LogP contribution in [0.25, 0.3) is 79.1 Å². The summed E-state index contributed by atoms with van der Waals surface area (Å²) in [5, 5.41) is 2.03. The molecule has 0 unspecified atom stereocenters. The van der Waals surface area contributed by atoms with Crippen LogP contribution in [0, 0.1) is 0 Å². The predicted octanol–water partition coefficient (Wildman–Crippen LogP) is 10.8. The number of aromatic nitrogens is 9. The van der Waals surface area contributed by atoms with E-state index < -0.39 is 0 Å². The molecular weight excluding hydrogens is 679 g/mol. The molecule has 55 heavy (non-hydrogen) atoms. The van der Waals surface area contributed by atoms with Gasteiger partial charge in [-0.15, -0.1) is 0 Å². The van der Waals surface area contributed by atoms with Crippen LogP contribution in [0.5, 0.6) is 0 Å². The molecule has 0 radical (unpaired) electrons. The lowest BCUT2D eigenvalue weighted by atomic mass is 9.99. The van der Waals surface area contributed by atoms with Crippen molar-refractivity contribution in [2.45, 2.75) is 59.3 Å². The zero-order valence-corrected chi connectivity index (χ0v) is 31.8. The first-order valence-corrected chi connectivity index (χ1v) is 18.7. The van der Waals surface area contributed by atoms with E-state index in [1.165, 1.54) is 0 Å². The van der Waals surface area contributed by atoms with Gasteiger partial charge in [0.2, 0.25) is 0 Å². The van der Waals surface area contributed by atoms with Gasteiger partial charge >= 0.3 is 0 Å². The molecule has 9 heteroatoms. The van der Waals surface area contributed by atoms with E-state index in [0.29, 0.717) is 40.8 Å². The summed E-state index contributed by atoms with van der Waals surface area (Å²) in [5.41, 5.74) is 5.23. The second-order valence-corrected chi connectivity index (χ2v) is 14.5. The Labute approximate surface area is 321 Å². The van der Waals surface area contributed by atoms with E-state index in [4.69, 9.17) is 44.9 Å². The van der Waals surface area contributed by atoms with E-state index in [1.54, 1.807) is 0 Å². The van der Waals surface area contributed by atoms with Gasteiger partial charge in [0, 0.05) is 51.1 Å². The minimum atomic E-state index is 0.0502. The zero-order chi connectivity index (χ0) is 38.1. The molecule has 0 bridgehead atoms. The molecule has 0 saturated heterocycles. The molecule has 0 atom stereocenters. The highest BCUT2D eigenvalue weighted by Crippen LogP contribution is 2.35. The second-order valence-electron chi connectivity index (χ2n) is 14.5. The van der Waals surface area contributed by atoms with Crippen LogP contribution in [0.2, 0.25) is 0 Å². The molecule has 8 aromatic rings. The number of fused-ring (bicyclic) bond motifs is 1. The van der Waals surface area contributed by atoms with Gasteiger partial charge in [0.05, 0.1) is 0 Å². The van der Waals surface area contributed by atoms with Gasteiger partial charge in [0.25, 0.3) is 0 Å². The minimum Gasteiger partial charge on any atom is -0.217 e. The van der Waals surface area contributed by atoms with Crippen molar-refractivity contribution < 1.29 is 0 Å². The molecule has 0 amide bonds. The molecule has 0 aliphatic carbocycles. The van der Waals surface area contributed by atoms with E-state index in [0.717, 1.165) is 55.8 Å². The van der Waals surface area contributed by atoms with Crippen molar-refractivity contribution in [3.05, 3.63) is 139 Å². The van der Waals surface area contributed by atoms with E-state index in [1.807, 2.05) is 91.0 Å². The van der Waals surface area contributed by atoms with Gasteiger partial charge in [0.1, 0.15) is 17.5 Å². The Morgan fingerprint density at radius 3 is 1.25 bits per heavy atom. The third kappa shape index (κ3) is 7.46. The van der Waals surface area contributed by atoms with Gasteiger partial charge in [-0.1, -0.05) is 145 Å². The van der Waals surface area contributed by atoms with Crippen molar-refractivity contribution in [3.8, 4) is 68.3 Å². The van der Waals surface area contributed by atoms with Crippen LogP contribution in [0.15, 0.2) is 121 Å². The Morgan fingerprint density at radius 2 is 0.709 bits per heavy atom. The van der Waals surface area contributed by atoms with Crippen LogP contribution in [0.1, 0.15) is 76.8 Å². The molecule has 0 fully saturated rings.